The minimum atomic E-state index is 0.240. The number of benzene rings is 1. The highest BCUT2D eigenvalue weighted by molar-refractivity contribution is 6.31. The van der Waals surface area contributed by atoms with Gasteiger partial charge in [-0.3, -0.25) is 10.0 Å². The van der Waals surface area contributed by atoms with Crippen molar-refractivity contribution < 1.29 is 0 Å². The van der Waals surface area contributed by atoms with Crippen LogP contribution in [0.15, 0.2) is 76.4 Å². The molecule has 0 atom stereocenters. The normalized spacial score (nSPS) is 13.1. The number of nitrogens with one attached hydrogen (secondary N) is 1. The van der Waals surface area contributed by atoms with Gasteiger partial charge in [0, 0.05) is 72.2 Å². The molecule has 0 aliphatic carbocycles. The minimum Gasteiger partial charge on any atom is -0.399 e. The number of nitrogens with two attached hydrogens (primary N) is 4. The first-order valence-electron chi connectivity index (χ1n) is 9.41. The Morgan fingerprint density at radius 3 is 2.58 bits per heavy atom. The summed E-state index contributed by atoms with van der Waals surface area (Å²) in [5.41, 5.74) is 28.3. The summed E-state index contributed by atoms with van der Waals surface area (Å²) in [5, 5.41) is 8.92. The predicted octanol–water partition coefficient (Wildman–Crippen LogP) is 2.51. The van der Waals surface area contributed by atoms with Crippen LogP contribution in [0.1, 0.15) is 18.1 Å². The molecule has 0 bridgehead atoms. The average molecular weight is 443 g/mol. The smallest absolute Gasteiger partial charge is 0.0819 e. The highest BCUT2D eigenvalue weighted by Crippen LogP contribution is 2.25. The molecule has 8 nitrogen and oxygen atoms in total. The van der Waals surface area contributed by atoms with Crippen LogP contribution in [0.4, 0.5) is 5.69 Å². The van der Waals surface area contributed by atoms with Crippen molar-refractivity contribution in [3.05, 3.63) is 82.5 Å². The summed E-state index contributed by atoms with van der Waals surface area (Å²) in [6.07, 6.45) is 10.5. The average Bonchev–Trinajstić information content (AvgIpc) is 2.74. The number of allylic oxidation sites excluding steroid dienone is 2. The van der Waals surface area contributed by atoms with Gasteiger partial charge in [0.25, 0.3) is 0 Å². The van der Waals surface area contributed by atoms with E-state index in [1.54, 1.807) is 37.8 Å². The number of hydrogen-bond donors (Lipinski definition) is 5. The van der Waals surface area contributed by atoms with E-state index in [9.17, 15) is 0 Å². The largest absolute Gasteiger partial charge is 0.399 e. The molecule has 166 valence electrons. The summed E-state index contributed by atoms with van der Waals surface area (Å²) in [7, 11) is 1.65. The third kappa shape index (κ3) is 8.41. The molecule has 1 rings (SSSR count). The molecule has 1 aromatic carbocycles. The first kappa shape index (κ1) is 25.5. The monoisotopic (exact) mass is 442 g/mol. The van der Waals surface area contributed by atoms with E-state index < -0.39 is 0 Å². The summed E-state index contributed by atoms with van der Waals surface area (Å²) in [5.74, 6) is 0. The number of aliphatic imine (C=N–C) groups is 1. The van der Waals surface area contributed by atoms with Crippen LogP contribution in [0.5, 0.6) is 0 Å². The lowest BCUT2D eigenvalue weighted by molar-refractivity contribution is 0.435. The quantitative estimate of drug-likeness (QED) is 0.154. The molecular weight excluding hydrogens is 412 g/mol. The number of rotatable bonds is 11. The second kappa shape index (κ2) is 12.9. The molecule has 0 radical (unpaired) electrons. The zero-order chi connectivity index (χ0) is 23.4. The third-order valence-corrected chi connectivity index (χ3v) is 4.33. The van der Waals surface area contributed by atoms with Crippen LogP contribution in [-0.2, 0) is 0 Å². The van der Waals surface area contributed by atoms with Crippen LogP contribution >= 0.6 is 11.6 Å². The first-order chi connectivity index (χ1) is 14.7. The van der Waals surface area contributed by atoms with Gasteiger partial charge in [-0.1, -0.05) is 30.3 Å². The molecule has 0 amide bonds. The molecule has 0 unspecified atom stereocenters. The minimum absolute atomic E-state index is 0.240. The second-order valence-electron chi connectivity index (χ2n) is 6.46. The number of hydrazone groups is 1. The molecule has 0 spiro atoms. The first-order valence-corrected chi connectivity index (χ1v) is 9.78. The van der Waals surface area contributed by atoms with Crippen LogP contribution < -0.4 is 28.3 Å². The lowest BCUT2D eigenvalue weighted by atomic mass is 10.0. The van der Waals surface area contributed by atoms with Gasteiger partial charge in [-0.2, -0.15) is 5.10 Å². The van der Waals surface area contributed by atoms with E-state index in [0.29, 0.717) is 45.5 Å². The number of nitrogens with zero attached hydrogens (tertiary/aromatic N) is 3. The van der Waals surface area contributed by atoms with E-state index in [2.05, 4.69) is 28.7 Å². The molecular formula is C22H31ClN8. The molecule has 0 saturated heterocycles. The van der Waals surface area contributed by atoms with Crippen molar-refractivity contribution in [2.24, 2.45) is 27.3 Å². The molecule has 0 aliphatic rings. The van der Waals surface area contributed by atoms with Crippen LogP contribution in [0.3, 0.4) is 0 Å². The lowest BCUT2D eigenvalue weighted by Crippen LogP contribution is -2.21. The Balaban J connectivity index is 2.96. The van der Waals surface area contributed by atoms with E-state index in [4.69, 9.17) is 34.5 Å². The zero-order valence-electron chi connectivity index (χ0n) is 18.0. The van der Waals surface area contributed by atoms with Crippen molar-refractivity contribution in [3.8, 4) is 0 Å². The van der Waals surface area contributed by atoms with Gasteiger partial charge in [0.05, 0.1) is 12.2 Å². The molecule has 0 saturated carbocycles. The van der Waals surface area contributed by atoms with Crippen molar-refractivity contribution in [2.75, 3.05) is 25.9 Å². The fraction of sp³-hybridized carbons (Fsp3) is 0.182. The standard InChI is InChI=1S/C22H31ClN8/c1-5-16(10-24)7-6-15(2)30-11-18(25)13-31(29-4)14-22(27)19-8-17(23)9-21(26)20(19)12-28-3/h5-9,11-12,14,30H,2,4,10,13,24-27H2,1,3H3/b7-6-,16-5+,18-11-,22-14-,28-12-. The summed E-state index contributed by atoms with van der Waals surface area (Å²) < 4.78 is 0. The van der Waals surface area contributed by atoms with Gasteiger partial charge < -0.3 is 28.3 Å². The molecule has 31 heavy (non-hydrogen) atoms. The highest BCUT2D eigenvalue weighted by atomic mass is 35.5. The van der Waals surface area contributed by atoms with Crippen molar-refractivity contribution >= 4 is 35.9 Å². The summed E-state index contributed by atoms with van der Waals surface area (Å²) >= 11 is 6.14. The molecule has 0 heterocycles. The Kier molecular flexibility index (Phi) is 10.7. The third-order valence-electron chi connectivity index (χ3n) is 4.11. The van der Waals surface area contributed by atoms with E-state index in [0.717, 1.165) is 5.57 Å². The second-order valence-corrected chi connectivity index (χ2v) is 6.89. The van der Waals surface area contributed by atoms with E-state index in [1.807, 2.05) is 25.2 Å². The number of hydrogen-bond acceptors (Lipinski definition) is 8. The van der Waals surface area contributed by atoms with Gasteiger partial charge in [-0.15, -0.1) is 0 Å². The molecule has 0 aliphatic heterocycles. The number of halogens is 1. The maximum absolute atomic E-state index is 6.27. The highest BCUT2D eigenvalue weighted by Gasteiger charge is 2.11. The lowest BCUT2D eigenvalue weighted by Gasteiger charge is -2.17. The maximum atomic E-state index is 6.27. The van der Waals surface area contributed by atoms with Crippen molar-refractivity contribution in [1.82, 2.24) is 10.3 Å². The zero-order valence-corrected chi connectivity index (χ0v) is 18.7. The van der Waals surface area contributed by atoms with Gasteiger partial charge in [-0.25, -0.2) is 0 Å². The Morgan fingerprint density at radius 2 is 2.00 bits per heavy atom. The Labute approximate surface area is 189 Å². The fourth-order valence-corrected chi connectivity index (χ4v) is 2.70. The summed E-state index contributed by atoms with van der Waals surface area (Å²) in [4.78, 5) is 4.02. The molecule has 0 fully saturated rings. The van der Waals surface area contributed by atoms with Crippen molar-refractivity contribution in [1.29, 1.82) is 0 Å². The van der Waals surface area contributed by atoms with Gasteiger partial charge in [-0.05, 0) is 30.7 Å². The molecule has 9 heteroatoms. The molecule has 9 N–H and O–H groups in total. The predicted molar refractivity (Wildman–Crippen MR) is 134 cm³/mol. The van der Waals surface area contributed by atoms with Crippen LogP contribution in [0.2, 0.25) is 5.02 Å². The van der Waals surface area contributed by atoms with Gasteiger partial charge in [0.1, 0.15) is 0 Å². The Bertz CT molecular complexity index is 941. The van der Waals surface area contributed by atoms with Crippen LogP contribution in [0, 0.1) is 0 Å². The summed E-state index contributed by atoms with van der Waals surface area (Å²) in [6, 6.07) is 3.35. The van der Waals surface area contributed by atoms with Crippen LogP contribution in [-0.4, -0.2) is 38.1 Å². The van der Waals surface area contributed by atoms with E-state index in [1.165, 1.54) is 5.01 Å². The van der Waals surface area contributed by atoms with E-state index >= 15 is 0 Å². The van der Waals surface area contributed by atoms with Gasteiger partial charge >= 0.3 is 0 Å². The van der Waals surface area contributed by atoms with Gasteiger partial charge in [0.15, 0.2) is 0 Å². The maximum Gasteiger partial charge on any atom is 0.0819 e. The molecule has 0 aromatic heterocycles. The van der Waals surface area contributed by atoms with Crippen molar-refractivity contribution in [3.63, 3.8) is 0 Å². The van der Waals surface area contributed by atoms with Crippen LogP contribution in [0.25, 0.3) is 5.70 Å². The number of nitrogen functional groups attached to an aromatic ring is 1. The summed E-state index contributed by atoms with van der Waals surface area (Å²) in [6.45, 7) is 10.1. The van der Waals surface area contributed by atoms with Gasteiger partial charge in [0.2, 0.25) is 0 Å². The SMILES string of the molecule is C=NN(/C=C(\N)c1cc(Cl)cc(N)c1/C=N\C)C/C(N)=C/NC(=C)/C=C\C(=C/C)CN. The number of anilines is 1. The Hall–Kier alpha value is -3.49. The molecule has 1 aromatic rings. The van der Waals surface area contributed by atoms with E-state index in [-0.39, 0.29) is 6.54 Å². The van der Waals surface area contributed by atoms with Crippen molar-refractivity contribution in [2.45, 2.75) is 6.92 Å². The topological polar surface area (TPSA) is 144 Å². The fourth-order valence-electron chi connectivity index (χ4n) is 2.47. The Morgan fingerprint density at radius 1 is 1.29 bits per heavy atom.